The first-order chi connectivity index (χ1) is 8.84. The minimum atomic E-state index is -0.239. The molecular formula is C14H20FNO2. The zero-order valence-corrected chi connectivity index (χ0v) is 10.5. The van der Waals surface area contributed by atoms with E-state index in [9.17, 15) is 4.39 Å². The van der Waals surface area contributed by atoms with Crippen LogP contribution in [-0.4, -0.2) is 32.4 Å². The molecule has 4 heteroatoms. The van der Waals surface area contributed by atoms with Gasteiger partial charge in [-0.3, -0.25) is 0 Å². The van der Waals surface area contributed by atoms with Crippen molar-refractivity contribution in [2.45, 2.75) is 25.4 Å². The van der Waals surface area contributed by atoms with Crippen molar-refractivity contribution in [2.75, 3.05) is 26.3 Å². The van der Waals surface area contributed by atoms with Crippen molar-refractivity contribution in [3.8, 4) is 5.75 Å². The molecule has 0 saturated carbocycles. The Labute approximate surface area is 107 Å². The van der Waals surface area contributed by atoms with Gasteiger partial charge in [0.05, 0.1) is 19.3 Å². The van der Waals surface area contributed by atoms with Gasteiger partial charge in [-0.2, -0.15) is 0 Å². The summed E-state index contributed by atoms with van der Waals surface area (Å²) >= 11 is 0. The van der Waals surface area contributed by atoms with Crippen molar-refractivity contribution in [1.29, 1.82) is 0 Å². The highest BCUT2D eigenvalue weighted by atomic mass is 19.1. The van der Waals surface area contributed by atoms with Crippen LogP contribution in [0.2, 0.25) is 0 Å². The zero-order chi connectivity index (χ0) is 12.6. The molecule has 0 aromatic heterocycles. The number of benzene rings is 1. The molecule has 0 bridgehead atoms. The van der Waals surface area contributed by atoms with Gasteiger partial charge in [0, 0.05) is 6.42 Å². The van der Waals surface area contributed by atoms with E-state index in [0.29, 0.717) is 18.5 Å². The highest BCUT2D eigenvalue weighted by molar-refractivity contribution is 5.21. The van der Waals surface area contributed by atoms with Crippen molar-refractivity contribution in [3.05, 3.63) is 30.1 Å². The largest absolute Gasteiger partial charge is 0.494 e. The number of hydrogen-bond acceptors (Lipinski definition) is 3. The number of nitrogens with one attached hydrogen (secondary N) is 1. The Morgan fingerprint density at radius 3 is 2.56 bits per heavy atom. The second-order valence-electron chi connectivity index (χ2n) is 4.48. The van der Waals surface area contributed by atoms with Crippen LogP contribution in [0.3, 0.4) is 0 Å². The summed E-state index contributed by atoms with van der Waals surface area (Å²) in [5, 5.41) is 3.31. The fourth-order valence-electron chi connectivity index (χ4n) is 1.99. The van der Waals surface area contributed by atoms with Gasteiger partial charge in [-0.25, -0.2) is 4.39 Å². The minimum Gasteiger partial charge on any atom is -0.494 e. The lowest BCUT2D eigenvalue weighted by atomic mass is 10.1. The maximum Gasteiger partial charge on any atom is 0.123 e. The van der Waals surface area contributed by atoms with Gasteiger partial charge in [-0.15, -0.1) is 0 Å². The molecular weight excluding hydrogens is 233 g/mol. The molecule has 1 aliphatic heterocycles. The molecule has 0 atom stereocenters. The summed E-state index contributed by atoms with van der Waals surface area (Å²) in [4.78, 5) is 0. The third-order valence-corrected chi connectivity index (χ3v) is 3.01. The van der Waals surface area contributed by atoms with E-state index in [0.717, 1.165) is 39.0 Å². The van der Waals surface area contributed by atoms with Gasteiger partial charge < -0.3 is 14.8 Å². The maximum absolute atomic E-state index is 12.7. The lowest BCUT2D eigenvalue weighted by Crippen LogP contribution is -2.32. The third kappa shape index (κ3) is 4.63. The number of ether oxygens (including phenoxy) is 2. The second kappa shape index (κ2) is 7.34. The Bertz CT molecular complexity index is 336. The molecule has 0 unspecified atom stereocenters. The zero-order valence-electron chi connectivity index (χ0n) is 10.5. The third-order valence-electron chi connectivity index (χ3n) is 3.01. The van der Waals surface area contributed by atoms with E-state index in [-0.39, 0.29) is 5.82 Å². The van der Waals surface area contributed by atoms with Gasteiger partial charge in [-0.1, -0.05) is 0 Å². The fourth-order valence-corrected chi connectivity index (χ4v) is 1.99. The van der Waals surface area contributed by atoms with E-state index in [1.54, 1.807) is 12.1 Å². The van der Waals surface area contributed by atoms with Crippen LogP contribution in [0.1, 0.15) is 19.3 Å². The van der Waals surface area contributed by atoms with E-state index < -0.39 is 0 Å². The van der Waals surface area contributed by atoms with E-state index in [1.807, 2.05) is 0 Å². The molecule has 100 valence electrons. The number of halogens is 1. The van der Waals surface area contributed by atoms with E-state index in [4.69, 9.17) is 9.47 Å². The Kier molecular flexibility index (Phi) is 5.42. The molecule has 18 heavy (non-hydrogen) atoms. The lowest BCUT2D eigenvalue weighted by molar-refractivity contribution is 0.0269. The second-order valence-corrected chi connectivity index (χ2v) is 4.48. The van der Waals surface area contributed by atoms with E-state index in [2.05, 4.69) is 5.32 Å². The highest BCUT2D eigenvalue weighted by Crippen LogP contribution is 2.11. The molecule has 1 heterocycles. The lowest BCUT2D eigenvalue weighted by Gasteiger charge is -2.22. The molecule has 0 aliphatic carbocycles. The highest BCUT2D eigenvalue weighted by Gasteiger charge is 2.12. The Morgan fingerprint density at radius 2 is 1.83 bits per heavy atom. The average Bonchev–Trinajstić information content (AvgIpc) is 2.42. The monoisotopic (exact) mass is 253 g/mol. The molecule has 1 fully saturated rings. The first-order valence-electron chi connectivity index (χ1n) is 6.55. The molecule has 1 aromatic carbocycles. The summed E-state index contributed by atoms with van der Waals surface area (Å²) in [7, 11) is 0. The van der Waals surface area contributed by atoms with E-state index >= 15 is 0 Å². The molecule has 0 radical (unpaired) electrons. The summed E-state index contributed by atoms with van der Waals surface area (Å²) in [6.07, 6.45) is 3.45. The minimum absolute atomic E-state index is 0.239. The van der Waals surface area contributed by atoms with Crippen molar-refractivity contribution in [3.63, 3.8) is 0 Å². The van der Waals surface area contributed by atoms with Gasteiger partial charge in [0.15, 0.2) is 0 Å². The fraction of sp³-hybridized carbons (Fsp3) is 0.571. The smallest absolute Gasteiger partial charge is 0.123 e. The summed E-state index contributed by atoms with van der Waals surface area (Å²) in [5.41, 5.74) is 0. The van der Waals surface area contributed by atoms with Crippen LogP contribution in [0.4, 0.5) is 4.39 Å². The van der Waals surface area contributed by atoms with Crippen LogP contribution < -0.4 is 10.1 Å². The molecule has 1 aliphatic rings. The average molecular weight is 253 g/mol. The van der Waals surface area contributed by atoms with Gasteiger partial charge in [0.1, 0.15) is 11.6 Å². The Hall–Kier alpha value is -1.13. The van der Waals surface area contributed by atoms with Gasteiger partial charge in [0.25, 0.3) is 0 Å². The van der Waals surface area contributed by atoms with Crippen LogP contribution in [0.25, 0.3) is 0 Å². The van der Waals surface area contributed by atoms with Crippen LogP contribution in [0.5, 0.6) is 5.75 Å². The van der Waals surface area contributed by atoms with Gasteiger partial charge in [0.2, 0.25) is 0 Å². The first-order valence-corrected chi connectivity index (χ1v) is 6.55. The predicted molar refractivity (Wildman–Crippen MR) is 68.4 cm³/mol. The molecule has 0 amide bonds. The summed E-state index contributed by atoms with van der Waals surface area (Å²) in [6.45, 7) is 3.44. The van der Waals surface area contributed by atoms with Crippen molar-refractivity contribution in [1.82, 2.24) is 5.32 Å². The van der Waals surface area contributed by atoms with E-state index in [1.165, 1.54) is 12.1 Å². The summed E-state index contributed by atoms with van der Waals surface area (Å²) < 4.78 is 23.9. The Morgan fingerprint density at radius 1 is 1.11 bits per heavy atom. The topological polar surface area (TPSA) is 30.5 Å². The quantitative estimate of drug-likeness (QED) is 0.789. The molecule has 1 aromatic rings. The standard InChI is InChI=1S/C14H20FNO2/c15-12-2-4-13(5-3-12)17-10-1-11-18-14-6-8-16-9-7-14/h2-5,14,16H,1,6-11H2. The molecule has 0 spiro atoms. The van der Waals surface area contributed by atoms with Crippen LogP contribution >= 0.6 is 0 Å². The SMILES string of the molecule is Fc1ccc(OCCCOC2CCNCC2)cc1. The van der Waals surface area contributed by atoms with Gasteiger partial charge >= 0.3 is 0 Å². The molecule has 1 N–H and O–H groups in total. The molecule has 3 nitrogen and oxygen atoms in total. The maximum atomic E-state index is 12.7. The number of hydrogen-bond donors (Lipinski definition) is 1. The first kappa shape index (κ1) is 13.3. The molecule has 2 rings (SSSR count). The van der Waals surface area contributed by atoms with Crippen LogP contribution in [0, 0.1) is 5.82 Å². The normalized spacial score (nSPS) is 16.7. The van der Waals surface area contributed by atoms with Crippen molar-refractivity contribution < 1.29 is 13.9 Å². The summed E-state index contributed by atoms with van der Waals surface area (Å²) in [6, 6.07) is 6.09. The van der Waals surface area contributed by atoms with Gasteiger partial charge in [-0.05, 0) is 50.2 Å². The Balaban J connectivity index is 1.54. The van der Waals surface area contributed by atoms with Crippen LogP contribution in [-0.2, 0) is 4.74 Å². The molecule has 1 saturated heterocycles. The number of piperidine rings is 1. The summed E-state index contributed by atoms with van der Waals surface area (Å²) in [5.74, 6) is 0.467. The predicted octanol–water partition coefficient (Wildman–Crippen LogP) is 2.36. The van der Waals surface area contributed by atoms with Crippen molar-refractivity contribution >= 4 is 0 Å². The number of rotatable bonds is 6. The van der Waals surface area contributed by atoms with Crippen LogP contribution in [0.15, 0.2) is 24.3 Å². The van der Waals surface area contributed by atoms with Crippen molar-refractivity contribution in [2.24, 2.45) is 0 Å².